The summed E-state index contributed by atoms with van der Waals surface area (Å²) in [7, 11) is 0. The van der Waals surface area contributed by atoms with Crippen molar-refractivity contribution >= 4 is 33.6 Å². The molecule has 0 amide bonds. The summed E-state index contributed by atoms with van der Waals surface area (Å²) in [5.41, 5.74) is 3.95. The molecule has 164 valence electrons. The summed E-state index contributed by atoms with van der Waals surface area (Å²) in [5.74, 6) is 0.986. The van der Waals surface area contributed by atoms with Crippen LogP contribution in [0.15, 0.2) is 42.5 Å². The van der Waals surface area contributed by atoms with Gasteiger partial charge in [0.2, 0.25) is 0 Å². The first kappa shape index (κ1) is 20.4. The van der Waals surface area contributed by atoms with Crippen molar-refractivity contribution < 1.29 is 13.9 Å². The Kier molecular flexibility index (Phi) is 5.25. The second-order valence-corrected chi connectivity index (χ2v) is 8.20. The third-order valence-corrected chi connectivity index (χ3v) is 6.08. The molecule has 1 aliphatic rings. The summed E-state index contributed by atoms with van der Waals surface area (Å²) in [6.45, 7) is 4.17. The molecule has 2 heterocycles. The van der Waals surface area contributed by atoms with Crippen molar-refractivity contribution in [2.45, 2.75) is 45.7 Å². The van der Waals surface area contributed by atoms with Crippen molar-refractivity contribution in [3.05, 3.63) is 65.4 Å². The number of hydrogen-bond acceptors (Lipinski definition) is 5. The average molecular weight is 432 g/mol. The minimum Gasteiger partial charge on any atom is -0.465 e. The summed E-state index contributed by atoms with van der Waals surface area (Å²) in [6.07, 6.45) is 2.39. The molecule has 0 aliphatic heterocycles. The number of benzene rings is 2. The molecule has 4 aromatic rings. The highest BCUT2D eigenvalue weighted by atomic mass is 19.1. The number of ether oxygens (including phenoxy) is 1. The number of aryl methyl sites for hydroxylation is 1. The maximum Gasteiger partial charge on any atom is 0.325 e. The van der Waals surface area contributed by atoms with Crippen molar-refractivity contribution in [2.24, 2.45) is 0 Å². The van der Waals surface area contributed by atoms with Crippen molar-refractivity contribution in [1.29, 1.82) is 0 Å². The molecule has 0 spiro atoms. The molecule has 32 heavy (non-hydrogen) atoms. The molecule has 6 nitrogen and oxygen atoms in total. The molecule has 0 saturated carbocycles. The monoisotopic (exact) mass is 432 g/mol. The van der Waals surface area contributed by atoms with E-state index in [4.69, 9.17) is 4.74 Å². The third-order valence-electron chi connectivity index (χ3n) is 6.08. The first-order chi connectivity index (χ1) is 15.5. The second-order valence-electron chi connectivity index (χ2n) is 8.20. The average Bonchev–Trinajstić information content (AvgIpc) is 3.06. The van der Waals surface area contributed by atoms with E-state index < -0.39 is 0 Å². The van der Waals surface area contributed by atoms with Crippen LogP contribution in [0.25, 0.3) is 21.8 Å². The Morgan fingerprint density at radius 3 is 2.91 bits per heavy atom. The molecule has 5 rings (SSSR count). The van der Waals surface area contributed by atoms with Gasteiger partial charge in [-0.2, -0.15) is 0 Å². The lowest BCUT2D eigenvalue weighted by molar-refractivity contribution is -0.143. The van der Waals surface area contributed by atoms with E-state index in [-0.39, 0.29) is 24.4 Å². The fourth-order valence-electron chi connectivity index (χ4n) is 4.76. The number of rotatable bonds is 5. The molecule has 0 unspecified atom stereocenters. The summed E-state index contributed by atoms with van der Waals surface area (Å²) in [5, 5.41) is 5.46. The number of carbonyl (C=O) groups excluding carboxylic acids is 1. The van der Waals surface area contributed by atoms with Crippen LogP contribution >= 0.6 is 0 Å². The Labute approximate surface area is 185 Å². The van der Waals surface area contributed by atoms with Crippen LogP contribution in [0.2, 0.25) is 0 Å². The Morgan fingerprint density at radius 2 is 2.06 bits per heavy atom. The normalized spacial score (nSPS) is 15.7. The van der Waals surface area contributed by atoms with E-state index in [1.165, 1.54) is 6.07 Å². The van der Waals surface area contributed by atoms with Gasteiger partial charge in [0.15, 0.2) is 0 Å². The van der Waals surface area contributed by atoms with Gasteiger partial charge in [-0.25, -0.2) is 14.4 Å². The largest absolute Gasteiger partial charge is 0.465 e. The van der Waals surface area contributed by atoms with Gasteiger partial charge >= 0.3 is 5.97 Å². The van der Waals surface area contributed by atoms with Gasteiger partial charge < -0.3 is 14.6 Å². The molecule has 0 saturated heterocycles. The lowest BCUT2D eigenvalue weighted by Crippen LogP contribution is -2.29. The molecule has 0 bridgehead atoms. The summed E-state index contributed by atoms with van der Waals surface area (Å²) in [6, 6.07) is 12.9. The number of hydrogen-bond donors (Lipinski definition) is 1. The molecule has 2 aromatic heterocycles. The van der Waals surface area contributed by atoms with Crippen LogP contribution in [0.1, 0.15) is 30.4 Å². The van der Waals surface area contributed by atoms with E-state index >= 15 is 0 Å². The van der Waals surface area contributed by atoms with Crippen molar-refractivity contribution in [1.82, 2.24) is 14.5 Å². The quantitative estimate of drug-likeness (QED) is 0.468. The molecule has 7 heteroatoms. The highest BCUT2D eigenvalue weighted by molar-refractivity contribution is 5.90. The number of esters is 1. The molecule has 1 aliphatic carbocycles. The highest BCUT2D eigenvalue weighted by Crippen LogP contribution is 2.34. The number of nitrogens with zero attached hydrogens (tertiary/aromatic N) is 3. The first-order valence-electron chi connectivity index (χ1n) is 11.0. The Balaban J connectivity index is 1.51. The Morgan fingerprint density at radius 1 is 1.22 bits per heavy atom. The van der Waals surface area contributed by atoms with Crippen LogP contribution in [0.5, 0.6) is 0 Å². The van der Waals surface area contributed by atoms with E-state index in [9.17, 15) is 9.18 Å². The molecule has 0 fully saturated rings. The van der Waals surface area contributed by atoms with Gasteiger partial charge in [-0.15, -0.1) is 0 Å². The second kappa shape index (κ2) is 8.22. The van der Waals surface area contributed by atoms with Gasteiger partial charge in [0.05, 0.1) is 12.1 Å². The maximum absolute atomic E-state index is 14.1. The van der Waals surface area contributed by atoms with Crippen LogP contribution in [0, 0.1) is 12.7 Å². The van der Waals surface area contributed by atoms with E-state index in [2.05, 4.69) is 15.3 Å². The van der Waals surface area contributed by atoms with Crippen molar-refractivity contribution in [3.8, 4) is 0 Å². The topological polar surface area (TPSA) is 69.0 Å². The summed E-state index contributed by atoms with van der Waals surface area (Å²) in [4.78, 5) is 21.4. The minimum absolute atomic E-state index is 0.138. The van der Waals surface area contributed by atoms with Crippen molar-refractivity contribution in [2.75, 3.05) is 11.9 Å². The SMILES string of the molecule is CCOC(=O)Cn1c2c(c3cc(F)ccc31)C[C@@H](Nc1nc(C)nc3ccccc13)CC2. The number of aromatic nitrogens is 3. The highest BCUT2D eigenvalue weighted by Gasteiger charge is 2.27. The van der Waals surface area contributed by atoms with Gasteiger partial charge in [0.25, 0.3) is 0 Å². The first-order valence-corrected chi connectivity index (χ1v) is 11.0. The fourth-order valence-corrected chi connectivity index (χ4v) is 4.76. The summed E-state index contributed by atoms with van der Waals surface area (Å²) < 4.78 is 21.3. The predicted molar refractivity (Wildman–Crippen MR) is 122 cm³/mol. The van der Waals surface area contributed by atoms with E-state index in [0.29, 0.717) is 6.61 Å². The van der Waals surface area contributed by atoms with Crippen LogP contribution in [0.4, 0.5) is 10.2 Å². The van der Waals surface area contributed by atoms with Crippen molar-refractivity contribution in [3.63, 3.8) is 0 Å². The Hall–Kier alpha value is -3.48. The van der Waals surface area contributed by atoms with E-state index in [0.717, 1.165) is 64.0 Å². The summed E-state index contributed by atoms with van der Waals surface area (Å²) >= 11 is 0. The Bertz CT molecular complexity index is 1330. The zero-order valence-electron chi connectivity index (χ0n) is 18.2. The maximum atomic E-state index is 14.1. The van der Waals surface area contributed by atoms with Gasteiger partial charge in [0.1, 0.15) is 24.0 Å². The minimum atomic E-state index is -0.278. The third kappa shape index (κ3) is 3.68. The van der Waals surface area contributed by atoms with Gasteiger partial charge in [-0.05, 0) is 69.0 Å². The van der Waals surface area contributed by atoms with Gasteiger partial charge in [-0.3, -0.25) is 4.79 Å². The van der Waals surface area contributed by atoms with Crippen LogP contribution < -0.4 is 5.32 Å². The molecule has 0 radical (unpaired) electrons. The fraction of sp³-hybridized carbons (Fsp3) is 0.320. The van der Waals surface area contributed by atoms with Gasteiger partial charge in [-0.1, -0.05) is 12.1 Å². The number of anilines is 1. The molecule has 2 aromatic carbocycles. The predicted octanol–water partition coefficient (Wildman–Crippen LogP) is 4.56. The molecule has 1 atom stereocenters. The standard InChI is InChI=1S/C25H25FN4O2/c1-3-32-24(31)14-30-22-10-8-16(26)12-19(22)20-13-17(9-11-23(20)30)29-25-18-6-4-5-7-21(18)27-15(2)28-25/h4-8,10,12,17H,3,9,11,13-14H2,1-2H3,(H,27,28,29)/t17-/m0/s1. The van der Waals surface area contributed by atoms with E-state index in [1.54, 1.807) is 19.1 Å². The van der Waals surface area contributed by atoms with Crippen LogP contribution in [0.3, 0.4) is 0 Å². The number of para-hydroxylation sites is 1. The van der Waals surface area contributed by atoms with Crippen LogP contribution in [-0.2, 0) is 28.9 Å². The van der Waals surface area contributed by atoms with E-state index in [1.807, 2.05) is 35.8 Å². The molecular weight excluding hydrogens is 407 g/mol. The lowest BCUT2D eigenvalue weighted by Gasteiger charge is -2.26. The molecule has 1 N–H and O–H groups in total. The van der Waals surface area contributed by atoms with Gasteiger partial charge in [0, 0.05) is 28.0 Å². The smallest absolute Gasteiger partial charge is 0.325 e. The number of nitrogens with one attached hydrogen (secondary N) is 1. The zero-order valence-corrected chi connectivity index (χ0v) is 18.2. The van der Waals surface area contributed by atoms with Crippen LogP contribution in [-0.4, -0.2) is 33.2 Å². The number of fused-ring (bicyclic) bond motifs is 4. The lowest BCUT2D eigenvalue weighted by atomic mass is 9.91. The molecular formula is C25H25FN4O2. The zero-order chi connectivity index (χ0) is 22.2. The number of halogens is 1. The number of carbonyl (C=O) groups is 1.